The zero-order valence-corrected chi connectivity index (χ0v) is 21.3. The Bertz CT molecular complexity index is 1460. The molecule has 0 saturated carbocycles. The molecule has 0 aliphatic carbocycles. The van der Waals surface area contributed by atoms with Crippen LogP contribution < -0.4 is 4.83 Å². The van der Waals surface area contributed by atoms with E-state index in [-0.39, 0.29) is 17.0 Å². The van der Waals surface area contributed by atoms with Crippen LogP contribution in [-0.4, -0.2) is 25.1 Å². The van der Waals surface area contributed by atoms with Gasteiger partial charge in [0.05, 0.1) is 22.7 Å². The zero-order chi connectivity index (χ0) is 25.1. The molecule has 36 heavy (non-hydrogen) atoms. The molecule has 7 heteroatoms. The number of hydrogen-bond acceptors (Lipinski definition) is 4. The molecule has 0 amide bonds. The van der Waals surface area contributed by atoms with Crippen LogP contribution in [0, 0.1) is 6.92 Å². The standard InChI is InChI=1S/C29H26ClN3O2S/c1-21-12-18-26(19-13-21)36(34,35)32-31-27(23-14-16-25(30)17-15-23)29-28(24-10-6-3-7-11-24)33(29)20-22-8-4-2-5-9-22/h2-19,28-29,32H,20H2,1H3/b31-27-/t28-,29+,33?/m0/s1. The summed E-state index contributed by atoms with van der Waals surface area (Å²) in [6, 6.07) is 34.4. The molecule has 1 saturated heterocycles. The van der Waals surface area contributed by atoms with Crippen molar-refractivity contribution in [3.63, 3.8) is 0 Å². The summed E-state index contributed by atoms with van der Waals surface area (Å²) in [5, 5.41) is 5.12. The van der Waals surface area contributed by atoms with E-state index in [0.717, 1.165) is 16.7 Å². The van der Waals surface area contributed by atoms with Gasteiger partial charge in [0, 0.05) is 11.6 Å². The Kier molecular flexibility index (Phi) is 6.92. The molecule has 1 unspecified atom stereocenters. The van der Waals surface area contributed by atoms with Crippen LogP contribution in [0.5, 0.6) is 0 Å². The molecule has 1 aliphatic rings. The summed E-state index contributed by atoms with van der Waals surface area (Å²) in [6.45, 7) is 2.63. The maximum atomic E-state index is 13.0. The molecule has 1 heterocycles. The Morgan fingerprint density at radius 2 is 1.47 bits per heavy atom. The topological polar surface area (TPSA) is 61.5 Å². The maximum Gasteiger partial charge on any atom is 0.276 e. The predicted octanol–water partition coefficient (Wildman–Crippen LogP) is 5.96. The van der Waals surface area contributed by atoms with Crippen molar-refractivity contribution < 1.29 is 8.42 Å². The zero-order valence-electron chi connectivity index (χ0n) is 19.8. The van der Waals surface area contributed by atoms with Gasteiger partial charge >= 0.3 is 0 Å². The second-order valence-electron chi connectivity index (χ2n) is 8.87. The van der Waals surface area contributed by atoms with E-state index in [0.29, 0.717) is 17.3 Å². The van der Waals surface area contributed by atoms with Gasteiger partial charge in [0.2, 0.25) is 0 Å². The lowest BCUT2D eigenvalue weighted by atomic mass is 10.0. The largest absolute Gasteiger partial charge is 0.280 e. The number of rotatable bonds is 8. The number of hydrazone groups is 1. The molecular formula is C29H26ClN3O2S. The first-order valence-corrected chi connectivity index (χ1v) is 13.5. The lowest BCUT2D eigenvalue weighted by Gasteiger charge is -2.10. The first kappa shape index (κ1) is 24.3. The van der Waals surface area contributed by atoms with Crippen LogP contribution in [0.25, 0.3) is 0 Å². The second kappa shape index (κ2) is 10.3. The molecule has 0 spiro atoms. The fourth-order valence-corrected chi connectivity index (χ4v) is 5.34. The average molecular weight is 516 g/mol. The van der Waals surface area contributed by atoms with Crippen LogP contribution >= 0.6 is 11.6 Å². The van der Waals surface area contributed by atoms with Crippen molar-refractivity contribution in [1.29, 1.82) is 0 Å². The van der Waals surface area contributed by atoms with E-state index >= 15 is 0 Å². The van der Waals surface area contributed by atoms with Crippen LogP contribution in [0.3, 0.4) is 0 Å². The number of benzene rings is 4. The molecule has 1 fully saturated rings. The van der Waals surface area contributed by atoms with Crippen LogP contribution in [-0.2, 0) is 16.6 Å². The Hall–Kier alpha value is -3.45. The highest BCUT2D eigenvalue weighted by Crippen LogP contribution is 2.46. The van der Waals surface area contributed by atoms with E-state index in [1.54, 1.807) is 36.4 Å². The first-order valence-electron chi connectivity index (χ1n) is 11.7. The Morgan fingerprint density at radius 1 is 0.861 bits per heavy atom. The van der Waals surface area contributed by atoms with Gasteiger partial charge in [0.15, 0.2) is 0 Å². The van der Waals surface area contributed by atoms with Crippen molar-refractivity contribution >= 4 is 27.3 Å². The highest BCUT2D eigenvalue weighted by Gasteiger charge is 2.51. The summed E-state index contributed by atoms with van der Waals surface area (Å²) < 4.78 is 26.1. The van der Waals surface area contributed by atoms with Gasteiger partial charge < -0.3 is 0 Å². The summed E-state index contributed by atoms with van der Waals surface area (Å²) in [6.07, 6.45) is 0. The average Bonchev–Trinajstić information content (AvgIpc) is 3.59. The molecule has 4 aromatic carbocycles. The number of aryl methyl sites for hydroxylation is 1. The van der Waals surface area contributed by atoms with Crippen LogP contribution in [0.15, 0.2) is 119 Å². The monoisotopic (exact) mass is 515 g/mol. The minimum atomic E-state index is -3.83. The highest BCUT2D eigenvalue weighted by molar-refractivity contribution is 7.89. The summed E-state index contributed by atoms with van der Waals surface area (Å²) in [7, 11) is -3.83. The molecule has 0 aromatic heterocycles. The molecule has 0 bridgehead atoms. The van der Waals surface area contributed by atoms with Gasteiger partial charge in [-0.1, -0.05) is 102 Å². The molecule has 0 radical (unpaired) electrons. The van der Waals surface area contributed by atoms with E-state index in [4.69, 9.17) is 11.6 Å². The van der Waals surface area contributed by atoms with E-state index in [9.17, 15) is 8.42 Å². The van der Waals surface area contributed by atoms with Crippen molar-refractivity contribution in [3.8, 4) is 0 Å². The van der Waals surface area contributed by atoms with Gasteiger partial charge in [-0.25, -0.2) is 0 Å². The van der Waals surface area contributed by atoms with Gasteiger partial charge in [-0.3, -0.25) is 4.90 Å². The lowest BCUT2D eigenvalue weighted by Crippen LogP contribution is -2.24. The normalized spacial score (nSPS) is 19.6. The van der Waals surface area contributed by atoms with Crippen LogP contribution in [0.1, 0.15) is 28.3 Å². The Labute approximate surface area is 217 Å². The molecular weight excluding hydrogens is 490 g/mol. The first-order chi connectivity index (χ1) is 17.4. The van der Waals surface area contributed by atoms with E-state index in [1.807, 2.05) is 55.5 Å². The molecule has 4 aromatic rings. The number of halogens is 1. The van der Waals surface area contributed by atoms with Crippen LogP contribution in [0.4, 0.5) is 0 Å². The fraction of sp³-hybridized carbons (Fsp3) is 0.138. The third-order valence-electron chi connectivity index (χ3n) is 6.31. The van der Waals surface area contributed by atoms with Crippen molar-refractivity contribution in [3.05, 3.63) is 136 Å². The van der Waals surface area contributed by atoms with Gasteiger partial charge in [-0.15, -0.1) is 0 Å². The van der Waals surface area contributed by atoms with Crippen molar-refractivity contribution in [2.75, 3.05) is 0 Å². The van der Waals surface area contributed by atoms with Crippen molar-refractivity contribution in [1.82, 2.24) is 9.73 Å². The molecule has 5 rings (SSSR count). The molecule has 3 atom stereocenters. The predicted molar refractivity (Wildman–Crippen MR) is 144 cm³/mol. The number of nitrogens with one attached hydrogen (secondary N) is 1. The molecule has 1 N–H and O–H groups in total. The summed E-state index contributed by atoms with van der Waals surface area (Å²) in [4.78, 5) is 4.97. The maximum absolute atomic E-state index is 13.0. The van der Waals surface area contributed by atoms with Crippen molar-refractivity contribution in [2.45, 2.75) is 30.4 Å². The third-order valence-corrected chi connectivity index (χ3v) is 7.79. The Balaban J connectivity index is 1.53. The number of sulfonamides is 1. The van der Waals surface area contributed by atoms with E-state index < -0.39 is 10.0 Å². The Morgan fingerprint density at radius 3 is 2.11 bits per heavy atom. The van der Waals surface area contributed by atoms with Gasteiger partial charge in [-0.2, -0.15) is 18.4 Å². The summed E-state index contributed by atoms with van der Waals surface area (Å²) in [5.41, 5.74) is 4.78. The van der Waals surface area contributed by atoms with E-state index in [1.165, 1.54) is 5.56 Å². The van der Waals surface area contributed by atoms with Gasteiger partial charge in [-0.05, 0) is 47.9 Å². The number of hydrogen-bond donors (Lipinski definition) is 1. The summed E-state index contributed by atoms with van der Waals surface area (Å²) >= 11 is 6.15. The third kappa shape index (κ3) is 5.36. The van der Waals surface area contributed by atoms with Crippen molar-refractivity contribution in [2.24, 2.45) is 5.10 Å². The number of nitrogens with zero attached hydrogens (tertiary/aromatic N) is 2. The SMILES string of the molecule is Cc1ccc(S(=O)(=O)N/N=C(/c2ccc(Cl)cc2)[C@@H]2[C@H](c3ccccc3)N2Cc2ccccc2)cc1. The van der Waals surface area contributed by atoms with Crippen LogP contribution in [0.2, 0.25) is 5.02 Å². The quantitative estimate of drug-likeness (QED) is 0.179. The smallest absolute Gasteiger partial charge is 0.276 e. The molecule has 1 aliphatic heterocycles. The lowest BCUT2D eigenvalue weighted by molar-refractivity contribution is 0.497. The van der Waals surface area contributed by atoms with Gasteiger partial charge in [0.1, 0.15) is 0 Å². The minimum absolute atomic E-state index is 0.0599. The fourth-order valence-electron chi connectivity index (χ4n) is 4.40. The second-order valence-corrected chi connectivity index (χ2v) is 11.0. The molecule has 182 valence electrons. The minimum Gasteiger partial charge on any atom is -0.280 e. The summed E-state index contributed by atoms with van der Waals surface area (Å²) in [5.74, 6) is 0. The van der Waals surface area contributed by atoms with E-state index in [2.05, 4.69) is 39.1 Å². The highest BCUT2D eigenvalue weighted by atomic mass is 35.5. The van der Waals surface area contributed by atoms with Gasteiger partial charge in [0.25, 0.3) is 10.0 Å². The molecule has 5 nitrogen and oxygen atoms in total.